The molecule has 7 heteroatoms. The average molecular weight is 255 g/mol. The van der Waals surface area contributed by atoms with Crippen LogP contribution in [0.4, 0.5) is 13.2 Å². The van der Waals surface area contributed by atoms with E-state index in [0.717, 1.165) is 12.7 Å². The molecule has 0 radical (unpaired) electrons. The van der Waals surface area contributed by atoms with Crippen LogP contribution in [-0.2, 0) is 5.79 Å². The molecule has 0 aliphatic carbocycles. The van der Waals surface area contributed by atoms with Gasteiger partial charge in [-0.15, -0.1) is 0 Å². The largest absolute Gasteiger partial charge is 0.326 e. The lowest BCUT2D eigenvalue weighted by Gasteiger charge is -2.22. The van der Waals surface area contributed by atoms with Crippen LogP contribution in [-0.4, -0.2) is 27.0 Å². The standard InChI is InChI=1S/C11H8F3N3O/c12-10(13)11(14,17-7-15-6-16-17)9(18)8-4-2-1-3-5-8/h1-7,10H. The zero-order valence-electron chi connectivity index (χ0n) is 9.00. The number of rotatable bonds is 4. The van der Waals surface area contributed by atoms with Crippen molar-refractivity contribution in [2.45, 2.75) is 12.2 Å². The Balaban J connectivity index is 2.47. The highest BCUT2D eigenvalue weighted by molar-refractivity contribution is 6.01. The summed E-state index contributed by atoms with van der Waals surface area (Å²) in [5.41, 5.74) is -0.157. The zero-order valence-corrected chi connectivity index (χ0v) is 9.00. The van der Waals surface area contributed by atoms with Gasteiger partial charge in [-0.25, -0.2) is 22.8 Å². The Bertz CT molecular complexity index is 530. The van der Waals surface area contributed by atoms with Crippen molar-refractivity contribution in [2.75, 3.05) is 0 Å². The number of Topliss-reactive ketones (excluding diaryl/α,β-unsaturated/α-hetero) is 1. The third-order valence-corrected chi connectivity index (χ3v) is 2.40. The number of nitrogens with zero attached hydrogens (tertiary/aromatic N) is 3. The Morgan fingerprint density at radius 3 is 2.44 bits per heavy atom. The Labute approximate surface area is 100 Å². The van der Waals surface area contributed by atoms with Crippen LogP contribution >= 0.6 is 0 Å². The zero-order chi connectivity index (χ0) is 13.2. The summed E-state index contributed by atoms with van der Waals surface area (Å²) >= 11 is 0. The lowest BCUT2D eigenvalue weighted by Crippen LogP contribution is -2.44. The second kappa shape index (κ2) is 4.59. The Hall–Kier alpha value is -2.18. The minimum Gasteiger partial charge on any atom is -0.288 e. The van der Waals surface area contributed by atoms with E-state index in [2.05, 4.69) is 10.1 Å². The van der Waals surface area contributed by atoms with Crippen LogP contribution in [0, 0.1) is 0 Å². The Morgan fingerprint density at radius 1 is 1.28 bits per heavy atom. The third-order valence-electron chi connectivity index (χ3n) is 2.40. The highest BCUT2D eigenvalue weighted by atomic mass is 19.3. The maximum absolute atomic E-state index is 14.3. The van der Waals surface area contributed by atoms with Crippen molar-refractivity contribution in [3.8, 4) is 0 Å². The number of alkyl halides is 3. The molecule has 1 aromatic heterocycles. The predicted molar refractivity (Wildman–Crippen MR) is 55.9 cm³/mol. The molecule has 0 bridgehead atoms. The van der Waals surface area contributed by atoms with Gasteiger partial charge in [0.25, 0.3) is 6.43 Å². The first-order chi connectivity index (χ1) is 8.56. The molecule has 0 saturated carbocycles. The summed E-state index contributed by atoms with van der Waals surface area (Å²) in [4.78, 5) is 15.2. The molecule has 0 N–H and O–H groups in total. The van der Waals surface area contributed by atoms with Crippen LogP contribution in [0.25, 0.3) is 0 Å². The van der Waals surface area contributed by atoms with E-state index in [1.807, 2.05) is 0 Å². The second-order valence-electron chi connectivity index (χ2n) is 3.51. The molecule has 0 aliphatic rings. The number of carbonyl (C=O) groups excluding carboxylic acids is 1. The lowest BCUT2D eigenvalue weighted by atomic mass is 10.0. The van der Waals surface area contributed by atoms with Crippen molar-refractivity contribution in [3.05, 3.63) is 48.5 Å². The first-order valence-electron chi connectivity index (χ1n) is 4.99. The van der Waals surface area contributed by atoms with Gasteiger partial charge in [-0.05, 0) is 0 Å². The Kier molecular flexibility index (Phi) is 3.14. The van der Waals surface area contributed by atoms with Gasteiger partial charge < -0.3 is 0 Å². The van der Waals surface area contributed by atoms with Crippen molar-refractivity contribution in [3.63, 3.8) is 0 Å². The quantitative estimate of drug-likeness (QED) is 0.785. The minimum atomic E-state index is -3.55. The van der Waals surface area contributed by atoms with Crippen LogP contribution < -0.4 is 0 Å². The fraction of sp³-hybridized carbons (Fsp3) is 0.182. The Morgan fingerprint density at radius 2 is 1.94 bits per heavy atom. The highest BCUT2D eigenvalue weighted by Crippen LogP contribution is 2.30. The van der Waals surface area contributed by atoms with Gasteiger partial charge in [0.2, 0.25) is 5.78 Å². The van der Waals surface area contributed by atoms with Crippen LogP contribution in [0.1, 0.15) is 10.4 Å². The van der Waals surface area contributed by atoms with E-state index in [9.17, 15) is 18.0 Å². The molecule has 2 aromatic rings. The molecule has 0 aliphatic heterocycles. The second-order valence-corrected chi connectivity index (χ2v) is 3.51. The first-order valence-corrected chi connectivity index (χ1v) is 4.99. The summed E-state index contributed by atoms with van der Waals surface area (Å²) in [7, 11) is 0. The van der Waals surface area contributed by atoms with Gasteiger partial charge in [-0.3, -0.25) is 4.79 Å². The van der Waals surface area contributed by atoms with Gasteiger partial charge in [0.15, 0.2) is 0 Å². The van der Waals surface area contributed by atoms with E-state index in [4.69, 9.17) is 0 Å². The topological polar surface area (TPSA) is 47.8 Å². The molecular formula is C11H8F3N3O. The van der Waals surface area contributed by atoms with E-state index in [0.29, 0.717) is 0 Å². The van der Waals surface area contributed by atoms with Gasteiger partial charge in [0.1, 0.15) is 12.7 Å². The monoisotopic (exact) mass is 255 g/mol. The number of halogens is 3. The molecule has 0 saturated heterocycles. The fourth-order valence-electron chi connectivity index (χ4n) is 1.47. The molecule has 0 fully saturated rings. The molecule has 2 rings (SSSR count). The molecular weight excluding hydrogens is 247 g/mol. The average Bonchev–Trinajstić information content (AvgIpc) is 2.92. The van der Waals surface area contributed by atoms with Gasteiger partial charge >= 0.3 is 5.79 Å². The molecule has 94 valence electrons. The van der Waals surface area contributed by atoms with E-state index in [1.54, 1.807) is 6.07 Å². The summed E-state index contributed by atoms with van der Waals surface area (Å²) in [6, 6.07) is 7.03. The summed E-state index contributed by atoms with van der Waals surface area (Å²) in [6.45, 7) is 0. The number of benzene rings is 1. The molecule has 1 unspecified atom stereocenters. The van der Waals surface area contributed by atoms with Crippen LogP contribution in [0.3, 0.4) is 0 Å². The van der Waals surface area contributed by atoms with Gasteiger partial charge in [-0.1, -0.05) is 30.3 Å². The van der Waals surface area contributed by atoms with Gasteiger partial charge in [0, 0.05) is 5.56 Å². The minimum absolute atomic E-state index is 0.157. The third kappa shape index (κ3) is 1.87. The smallest absolute Gasteiger partial charge is 0.288 e. The molecule has 0 amide bonds. The van der Waals surface area contributed by atoms with E-state index in [1.165, 1.54) is 24.3 Å². The van der Waals surface area contributed by atoms with Gasteiger partial charge in [0.05, 0.1) is 0 Å². The van der Waals surface area contributed by atoms with Crippen LogP contribution in [0.5, 0.6) is 0 Å². The van der Waals surface area contributed by atoms with Crippen molar-refractivity contribution in [1.82, 2.24) is 14.8 Å². The number of hydrogen-bond acceptors (Lipinski definition) is 3. The molecule has 1 aromatic carbocycles. The molecule has 18 heavy (non-hydrogen) atoms. The van der Waals surface area contributed by atoms with Crippen molar-refractivity contribution < 1.29 is 18.0 Å². The summed E-state index contributed by atoms with van der Waals surface area (Å²) in [5.74, 6) is -4.90. The van der Waals surface area contributed by atoms with Crippen molar-refractivity contribution >= 4 is 5.78 Å². The summed E-state index contributed by atoms with van der Waals surface area (Å²) in [6.07, 6.45) is -1.92. The maximum Gasteiger partial charge on any atom is 0.326 e. The van der Waals surface area contributed by atoms with E-state index in [-0.39, 0.29) is 10.2 Å². The first kappa shape index (κ1) is 12.3. The molecule has 0 spiro atoms. The lowest BCUT2D eigenvalue weighted by molar-refractivity contribution is -0.0709. The van der Waals surface area contributed by atoms with Crippen molar-refractivity contribution in [2.24, 2.45) is 0 Å². The van der Waals surface area contributed by atoms with Gasteiger partial charge in [-0.2, -0.15) is 5.10 Å². The number of carbonyl (C=O) groups is 1. The molecule has 4 nitrogen and oxygen atoms in total. The van der Waals surface area contributed by atoms with Crippen LogP contribution in [0.15, 0.2) is 43.0 Å². The molecule has 1 atom stereocenters. The fourth-order valence-corrected chi connectivity index (χ4v) is 1.47. The highest BCUT2D eigenvalue weighted by Gasteiger charge is 2.51. The number of aromatic nitrogens is 3. The van der Waals surface area contributed by atoms with Crippen LogP contribution in [0.2, 0.25) is 0 Å². The number of ketones is 1. The predicted octanol–water partition coefficient (Wildman–Crippen LogP) is 2.05. The summed E-state index contributed by atoms with van der Waals surface area (Å²) in [5, 5.41) is 3.29. The normalized spacial score (nSPS) is 14.4. The summed E-state index contributed by atoms with van der Waals surface area (Å²) < 4.78 is 40.3. The van der Waals surface area contributed by atoms with E-state index >= 15 is 0 Å². The maximum atomic E-state index is 14.3. The van der Waals surface area contributed by atoms with E-state index < -0.39 is 18.0 Å². The SMILES string of the molecule is O=C(c1ccccc1)C(F)(C(F)F)n1cncn1. The number of hydrogen-bond donors (Lipinski definition) is 0. The molecule has 1 heterocycles. The van der Waals surface area contributed by atoms with Crippen molar-refractivity contribution in [1.29, 1.82) is 0 Å².